The van der Waals surface area contributed by atoms with E-state index in [4.69, 9.17) is 14.9 Å². The van der Waals surface area contributed by atoms with Crippen LogP contribution in [-0.4, -0.2) is 22.8 Å². The number of aliphatic hydroxyl groups excluding tert-OH is 1. The summed E-state index contributed by atoms with van der Waals surface area (Å²) < 4.78 is 5.14. The van der Waals surface area contributed by atoms with E-state index in [0.29, 0.717) is 11.3 Å². The molecular weight excluding hydrogens is 196 g/mol. The molecule has 1 aromatic rings. The largest absolute Gasteiger partial charge is 0.481 e. The molecule has 1 aromatic carbocycles. The van der Waals surface area contributed by atoms with Crippen molar-refractivity contribution in [1.82, 2.24) is 0 Å². The number of aryl methyl sites for hydroxylation is 1. The van der Waals surface area contributed by atoms with Gasteiger partial charge in [-0.3, -0.25) is 0 Å². The summed E-state index contributed by atoms with van der Waals surface area (Å²) in [4.78, 5) is 10.4. The first kappa shape index (κ1) is 11.5. The van der Waals surface area contributed by atoms with E-state index in [1.54, 1.807) is 6.07 Å². The minimum atomic E-state index is -1.03. The van der Waals surface area contributed by atoms with Crippen molar-refractivity contribution in [2.45, 2.75) is 20.5 Å². The number of carbonyl (C=O) groups is 1. The first-order valence-corrected chi connectivity index (χ1v) is 4.60. The number of hydrogen-bond donors (Lipinski definition) is 2. The number of aliphatic carboxylic acids is 1. The van der Waals surface area contributed by atoms with Crippen LogP contribution in [-0.2, 0) is 11.4 Å². The molecular formula is C11H14O4. The van der Waals surface area contributed by atoms with Crippen molar-refractivity contribution < 1.29 is 19.7 Å². The number of benzene rings is 1. The molecule has 0 saturated carbocycles. The fourth-order valence-corrected chi connectivity index (χ4v) is 1.31. The number of hydrogen-bond acceptors (Lipinski definition) is 3. The molecule has 0 fully saturated rings. The van der Waals surface area contributed by atoms with Gasteiger partial charge in [-0.15, -0.1) is 0 Å². The first-order valence-electron chi connectivity index (χ1n) is 4.60. The zero-order chi connectivity index (χ0) is 11.4. The number of carboxylic acid groups (broad SMARTS) is 1. The SMILES string of the molecule is Cc1ccc(CO)c(OCC(=O)O)c1C. The van der Waals surface area contributed by atoms with E-state index in [1.807, 2.05) is 19.9 Å². The minimum Gasteiger partial charge on any atom is -0.481 e. The van der Waals surface area contributed by atoms with Gasteiger partial charge < -0.3 is 14.9 Å². The molecule has 1 rings (SSSR count). The zero-order valence-electron chi connectivity index (χ0n) is 8.78. The lowest BCUT2D eigenvalue weighted by atomic mass is 10.0. The summed E-state index contributed by atoms with van der Waals surface area (Å²) in [5.74, 6) is -0.556. The summed E-state index contributed by atoms with van der Waals surface area (Å²) in [5.41, 5.74) is 2.48. The summed E-state index contributed by atoms with van der Waals surface area (Å²) in [6.07, 6.45) is 0. The molecule has 15 heavy (non-hydrogen) atoms. The van der Waals surface area contributed by atoms with Crippen LogP contribution in [0.1, 0.15) is 16.7 Å². The number of rotatable bonds is 4. The Morgan fingerprint density at radius 3 is 2.60 bits per heavy atom. The van der Waals surface area contributed by atoms with E-state index < -0.39 is 12.6 Å². The number of carboxylic acids is 1. The summed E-state index contributed by atoms with van der Waals surface area (Å²) in [6.45, 7) is 3.20. The third kappa shape index (κ3) is 2.70. The van der Waals surface area contributed by atoms with Crippen LogP contribution in [0.2, 0.25) is 0 Å². The Morgan fingerprint density at radius 2 is 2.07 bits per heavy atom. The summed E-state index contributed by atoms with van der Waals surface area (Å²) in [7, 11) is 0. The topological polar surface area (TPSA) is 66.8 Å². The Morgan fingerprint density at radius 1 is 1.40 bits per heavy atom. The lowest BCUT2D eigenvalue weighted by molar-refractivity contribution is -0.139. The van der Waals surface area contributed by atoms with Gasteiger partial charge in [-0.2, -0.15) is 0 Å². The van der Waals surface area contributed by atoms with Gasteiger partial charge in [0.05, 0.1) is 6.61 Å². The van der Waals surface area contributed by atoms with Gasteiger partial charge in [-0.25, -0.2) is 4.79 Å². The average Bonchev–Trinajstić information content (AvgIpc) is 2.20. The zero-order valence-corrected chi connectivity index (χ0v) is 8.78. The van der Waals surface area contributed by atoms with Gasteiger partial charge in [-0.1, -0.05) is 12.1 Å². The standard InChI is InChI=1S/C11H14O4/c1-7-3-4-9(5-12)11(8(7)2)15-6-10(13)14/h3-4,12H,5-6H2,1-2H3,(H,13,14). The van der Waals surface area contributed by atoms with E-state index in [2.05, 4.69) is 0 Å². The predicted octanol–water partition coefficient (Wildman–Crippen LogP) is 1.26. The van der Waals surface area contributed by atoms with Gasteiger partial charge in [0.15, 0.2) is 6.61 Å². The Bertz CT molecular complexity index is 371. The van der Waals surface area contributed by atoms with Crippen molar-refractivity contribution in [2.24, 2.45) is 0 Å². The van der Waals surface area contributed by atoms with Crippen molar-refractivity contribution in [3.05, 3.63) is 28.8 Å². The smallest absolute Gasteiger partial charge is 0.341 e. The number of ether oxygens (including phenoxy) is 1. The second kappa shape index (κ2) is 4.79. The van der Waals surface area contributed by atoms with E-state index in [9.17, 15) is 4.79 Å². The maximum absolute atomic E-state index is 10.4. The molecule has 0 aromatic heterocycles. The second-order valence-electron chi connectivity index (χ2n) is 3.34. The quantitative estimate of drug-likeness (QED) is 0.785. The summed E-state index contributed by atoms with van der Waals surface area (Å²) in [5, 5.41) is 17.6. The average molecular weight is 210 g/mol. The summed E-state index contributed by atoms with van der Waals surface area (Å²) in [6, 6.07) is 3.61. The fourth-order valence-electron chi connectivity index (χ4n) is 1.31. The van der Waals surface area contributed by atoms with Crippen LogP contribution in [0.15, 0.2) is 12.1 Å². The van der Waals surface area contributed by atoms with Gasteiger partial charge in [0.1, 0.15) is 5.75 Å². The molecule has 4 nitrogen and oxygen atoms in total. The molecule has 0 aliphatic heterocycles. The Labute approximate surface area is 88.1 Å². The van der Waals surface area contributed by atoms with Gasteiger partial charge in [-0.05, 0) is 25.0 Å². The van der Waals surface area contributed by atoms with Gasteiger partial charge in [0.25, 0.3) is 0 Å². The maximum atomic E-state index is 10.4. The highest BCUT2D eigenvalue weighted by Gasteiger charge is 2.10. The van der Waals surface area contributed by atoms with Crippen LogP contribution in [0.4, 0.5) is 0 Å². The molecule has 4 heteroatoms. The lowest BCUT2D eigenvalue weighted by Crippen LogP contribution is -2.11. The van der Waals surface area contributed by atoms with Gasteiger partial charge in [0.2, 0.25) is 0 Å². The van der Waals surface area contributed by atoms with Crippen LogP contribution >= 0.6 is 0 Å². The molecule has 2 N–H and O–H groups in total. The van der Waals surface area contributed by atoms with Crippen molar-refractivity contribution in [3.63, 3.8) is 0 Å². The van der Waals surface area contributed by atoms with Crippen molar-refractivity contribution in [1.29, 1.82) is 0 Å². The van der Waals surface area contributed by atoms with Crippen LogP contribution in [0.3, 0.4) is 0 Å². The third-order valence-corrected chi connectivity index (χ3v) is 2.27. The van der Waals surface area contributed by atoms with Crippen molar-refractivity contribution >= 4 is 5.97 Å². The Kier molecular flexibility index (Phi) is 3.68. The molecule has 0 heterocycles. The van der Waals surface area contributed by atoms with Crippen LogP contribution in [0, 0.1) is 13.8 Å². The fraction of sp³-hybridized carbons (Fsp3) is 0.364. The Balaban J connectivity index is 3.01. The molecule has 82 valence electrons. The third-order valence-electron chi connectivity index (χ3n) is 2.27. The molecule has 0 aliphatic carbocycles. The van der Waals surface area contributed by atoms with E-state index in [-0.39, 0.29) is 6.61 Å². The molecule has 0 amide bonds. The van der Waals surface area contributed by atoms with E-state index >= 15 is 0 Å². The minimum absolute atomic E-state index is 0.157. The molecule has 0 saturated heterocycles. The maximum Gasteiger partial charge on any atom is 0.341 e. The molecule has 0 radical (unpaired) electrons. The second-order valence-corrected chi connectivity index (χ2v) is 3.34. The van der Waals surface area contributed by atoms with Crippen LogP contribution < -0.4 is 4.74 Å². The molecule has 0 unspecified atom stereocenters. The first-order chi connectivity index (χ1) is 7.06. The van der Waals surface area contributed by atoms with E-state index in [0.717, 1.165) is 11.1 Å². The van der Waals surface area contributed by atoms with Crippen LogP contribution in [0.25, 0.3) is 0 Å². The van der Waals surface area contributed by atoms with Gasteiger partial charge in [0, 0.05) is 5.56 Å². The normalized spacial score (nSPS) is 10.1. The monoisotopic (exact) mass is 210 g/mol. The molecule has 0 atom stereocenters. The van der Waals surface area contributed by atoms with Crippen molar-refractivity contribution in [2.75, 3.05) is 6.61 Å². The van der Waals surface area contributed by atoms with Gasteiger partial charge >= 0.3 is 5.97 Å². The number of aliphatic hydroxyl groups is 1. The molecule has 0 aliphatic rings. The van der Waals surface area contributed by atoms with E-state index in [1.165, 1.54) is 0 Å². The molecule has 0 bridgehead atoms. The Hall–Kier alpha value is -1.55. The van der Waals surface area contributed by atoms with Crippen molar-refractivity contribution in [3.8, 4) is 5.75 Å². The summed E-state index contributed by atoms with van der Waals surface area (Å²) >= 11 is 0. The highest BCUT2D eigenvalue weighted by atomic mass is 16.5. The highest BCUT2D eigenvalue weighted by Crippen LogP contribution is 2.26. The lowest BCUT2D eigenvalue weighted by Gasteiger charge is -2.13. The predicted molar refractivity (Wildman–Crippen MR) is 55.0 cm³/mol. The highest BCUT2D eigenvalue weighted by molar-refractivity contribution is 5.68. The van der Waals surface area contributed by atoms with Crippen LogP contribution in [0.5, 0.6) is 5.75 Å². The molecule has 0 spiro atoms.